The van der Waals surface area contributed by atoms with E-state index in [9.17, 15) is 34.8 Å². The van der Waals surface area contributed by atoms with Crippen molar-refractivity contribution < 1.29 is 48.4 Å². The van der Waals surface area contributed by atoms with Crippen molar-refractivity contribution in [2.45, 2.75) is 62.5 Å². The lowest BCUT2D eigenvalue weighted by Crippen LogP contribution is -2.31. The molecule has 5 rings (SSSR count). The van der Waals surface area contributed by atoms with Gasteiger partial charge in [0.25, 0.3) is 0 Å². The van der Waals surface area contributed by atoms with Crippen LogP contribution in [0, 0.1) is 12.8 Å². The number of nitrogens with zero attached hydrogens (tertiary/aromatic N) is 4. The number of hydrogen-bond donors (Lipinski definition) is 0. The zero-order valence-electron chi connectivity index (χ0n) is 28.1. The highest BCUT2D eigenvalue weighted by molar-refractivity contribution is 7.98. The van der Waals surface area contributed by atoms with Crippen LogP contribution in [-0.4, -0.2) is 49.4 Å². The molecule has 2 heterocycles. The number of fused-ring (bicyclic) bond motifs is 1. The lowest BCUT2D eigenvalue weighted by Gasteiger charge is -2.34. The largest absolute Gasteiger partial charge is 0.534 e. The molecule has 0 N–H and O–H groups in total. The molecule has 17 heteroatoms. The summed E-state index contributed by atoms with van der Waals surface area (Å²) >= 11 is 0.913. The van der Waals surface area contributed by atoms with Crippen LogP contribution >= 0.6 is 11.8 Å². The van der Waals surface area contributed by atoms with E-state index < -0.39 is 45.1 Å². The predicted octanol–water partition coefficient (Wildman–Crippen LogP) is 7.89. The number of benzene rings is 2. The molecule has 1 aliphatic carbocycles. The fraction of sp³-hybridized carbons (Fsp3) is 0.382. The van der Waals surface area contributed by atoms with Crippen LogP contribution in [0.25, 0.3) is 0 Å². The highest BCUT2D eigenvalue weighted by atomic mass is 32.2. The summed E-state index contributed by atoms with van der Waals surface area (Å²) < 4.78 is 123. The minimum atomic E-state index is -6.08. The average Bonchev–Trinajstić information content (AvgIpc) is 3.07. The maximum absolute atomic E-state index is 14.8. The standard InChI is InChI=1S/C34H34F6N4O5S2/c1-19-14-26-27(41-32(50-5)43-31(26)49-51(45,46)34(38,39)40)16-25(19)30-29(33(35,36)37)20(2)15-28(42-30)44(17-21-6-10-23(47-3)11-7-21)18-22-8-12-24(48-4)13-9-22/h6-13,15,19,25H,14,16-18H2,1-5H3. The monoisotopic (exact) mass is 756 g/mol. The van der Waals surface area contributed by atoms with Gasteiger partial charge in [-0.2, -0.15) is 39.7 Å². The molecule has 0 aliphatic heterocycles. The molecule has 0 saturated heterocycles. The number of aromatic nitrogens is 3. The number of alkyl halides is 6. The van der Waals surface area contributed by atoms with Crippen molar-refractivity contribution in [1.29, 1.82) is 0 Å². The number of thioether (sulfide) groups is 1. The molecule has 2 unspecified atom stereocenters. The zero-order valence-corrected chi connectivity index (χ0v) is 29.7. The third-order valence-electron chi connectivity index (χ3n) is 8.57. The molecule has 0 radical (unpaired) electrons. The second-order valence-corrected chi connectivity index (χ2v) is 14.3. The van der Waals surface area contributed by atoms with Gasteiger partial charge in [0.15, 0.2) is 5.16 Å². The Bertz CT molecular complexity index is 1930. The maximum Gasteiger partial charge on any atom is 0.534 e. The van der Waals surface area contributed by atoms with Gasteiger partial charge in [-0.15, -0.1) is 0 Å². The number of pyridine rings is 1. The van der Waals surface area contributed by atoms with E-state index in [1.165, 1.54) is 33.5 Å². The van der Waals surface area contributed by atoms with Crippen molar-refractivity contribution in [2.75, 3.05) is 25.4 Å². The van der Waals surface area contributed by atoms with Crippen molar-refractivity contribution in [1.82, 2.24) is 15.0 Å². The number of hydrogen-bond acceptors (Lipinski definition) is 10. The Kier molecular flexibility index (Phi) is 11.0. The molecule has 2 atom stereocenters. The Labute approximate surface area is 295 Å². The summed E-state index contributed by atoms with van der Waals surface area (Å²) in [6, 6.07) is 15.9. The minimum Gasteiger partial charge on any atom is -0.497 e. The van der Waals surface area contributed by atoms with Crippen molar-refractivity contribution >= 4 is 27.7 Å². The molecule has 2 aromatic heterocycles. The van der Waals surface area contributed by atoms with Gasteiger partial charge in [0.1, 0.15) is 17.3 Å². The van der Waals surface area contributed by atoms with Crippen molar-refractivity contribution in [3.63, 3.8) is 0 Å². The van der Waals surface area contributed by atoms with Crippen LogP contribution in [0.15, 0.2) is 59.8 Å². The van der Waals surface area contributed by atoms with Crippen molar-refractivity contribution in [3.8, 4) is 17.4 Å². The van der Waals surface area contributed by atoms with E-state index in [1.54, 1.807) is 31.2 Å². The maximum atomic E-state index is 14.8. The molecule has 0 amide bonds. The summed E-state index contributed by atoms with van der Waals surface area (Å²) in [6.07, 6.45) is -3.64. The molecule has 1 aliphatic rings. The van der Waals surface area contributed by atoms with Gasteiger partial charge >= 0.3 is 21.8 Å². The number of rotatable bonds is 11. The first-order chi connectivity index (χ1) is 23.9. The smallest absolute Gasteiger partial charge is 0.497 e. The van der Waals surface area contributed by atoms with Crippen LogP contribution in [0.1, 0.15) is 52.0 Å². The fourth-order valence-electron chi connectivity index (χ4n) is 6.01. The number of anilines is 1. The van der Waals surface area contributed by atoms with Crippen LogP contribution in [0.3, 0.4) is 0 Å². The first kappa shape index (κ1) is 38.0. The van der Waals surface area contributed by atoms with Crippen LogP contribution < -0.4 is 18.6 Å². The normalized spacial score (nSPS) is 16.4. The van der Waals surface area contributed by atoms with E-state index in [-0.39, 0.29) is 59.4 Å². The molecule has 51 heavy (non-hydrogen) atoms. The summed E-state index contributed by atoms with van der Waals surface area (Å²) in [4.78, 5) is 14.8. The summed E-state index contributed by atoms with van der Waals surface area (Å²) in [7, 11) is -3.00. The highest BCUT2D eigenvalue weighted by Crippen LogP contribution is 2.46. The Hall–Kier alpha value is -4.25. The van der Waals surface area contributed by atoms with Gasteiger partial charge in [-0.05, 0) is 79.0 Å². The molecule has 0 saturated carbocycles. The van der Waals surface area contributed by atoms with Gasteiger partial charge in [-0.1, -0.05) is 43.0 Å². The Morgan fingerprint density at radius 1 is 0.863 bits per heavy atom. The third-order valence-corrected chi connectivity index (χ3v) is 10.1. The van der Waals surface area contributed by atoms with E-state index in [0.717, 1.165) is 22.9 Å². The second-order valence-electron chi connectivity index (χ2n) is 12.0. The summed E-state index contributed by atoms with van der Waals surface area (Å²) in [5.41, 5.74) is -5.22. The summed E-state index contributed by atoms with van der Waals surface area (Å²) in [5.74, 6) is -0.837. The lowest BCUT2D eigenvalue weighted by molar-refractivity contribution is -0.139. The molecular weight excluding hydrogens is 723 g/mol. The van der Waals surface area contributed by atoms with Gasteiger partial charge in [0.05, 0.1) is 31.2 Å². The van der Waals surface area contributed by atoms with Crippen molar-refractivity contribution in [2.24, 2.45) is 5.92 Å². The van der Waals surface area contributed by atoms with Gasteiger partial charge < -0.3 is 18.6 Å². The van der Waals surface area contributed by atoms with E-state index in [2.05, 4.69) is 14.2 Å². The second kappa shape index (κ2) is 14.8. The Morgan fingerprint density at radius 2 is 1.41 bits per heavy atom. The Morgan fingerprint density at radius 3 is 1.88 bits per heavy atom. The van der Waals surface area contributed by atoms with Gasteiger partial charge in [-0.25, -0.2) is 9.97 Å². The number of ether oxygens (including phenoxy) is 2. The molecule has 2 aromatic carbocycles. The molecule has 274 valence electrons. The fourth-order valence-corrected chi connectivity index (χ4v) is 6.83. The quantitative estimate of drug-likeness (QED) is 0.0494. The van der Waals surface area contributed by atoms with E-state index in [0.29, 0.717) is 11.5 Å². The number of halogens is 6. The number of methoxy groups -OCH3 is 2. The topological polar surface area (TPSA) is 104 Å². The molecule has 0 fully saturated rings. The first-order valence-electron chi connectivity index (χ1n) is 15.5. The van der Waals surface area contributed by atoms with Crippen LogP contribution in [0.4, 0.5) is 32.2 Å². The van der Waals surface area contributed by atoms with E-state index in [4.69, 9.17) is 14.5 Å². The summed E-state index contributed by atoms with van der Waals surface area (Å²) in [5, 5.41) is -0.103. The highest BCUT2D eigenvalue weighted by Gasteiger charge is 2.50. The molecule has 9 nitrogen and oxygen atoms in total. The third kappa shape index (κ3) is 8.46. The Balaban J connectivity index is 1.62. The number of aryl methyl sites for hydroxylation is 1. The minimum absolute atomic E-state index is 0.0218. The van der Waals surface area contributed by atoms with Gasteiger partial charge in [-0.3, -0.25) is 0 Å². The molecule has 4 aromatic rings. The van der Waals surface area contributed by atoms with Gasteiger partial charge in [0.2, 0.25) is 5.88 Å². The van der Waals surface area contributed by atoms with Crippen molar-refractivity contribution in [3.05, 3.63) is 93.8 Å². The SMILES string of the molecule is COc1ccc(CN(Cc2ccc(OC)cc2)c2cc(C)c(C(F)(F)F)c(C3Cc4nc(SC)nc(OS(=O)(=O)C(F)(F)F)c4CC3C)n2)cc1. The summed E-state index contributed by atoms with van der Waals surface area (Å²) in [6.45, 7) is 3.53. The average molecular weight is 757 g/mol. The van der Waals surface area contributed by atoms with Crippen LogP contribution in [0.2, 0.25) is 0 Å². The molecule has 0 bridgehead atoms. The molecule has 0 spiro atoms. The van der Waals surface area contributed by atoms with Crippen LogP contribution in [0.5, 0.6) is 17.4 Å². The first-order valence-corrected chi connectivity index (χ1v) is 18.1. The lowest BCUT2D eigenvalue weighted by atomic mass is 9.75. The predicted molar refractivity (Wildman–Crippen MR) is 179 cm³/mol. The zero-order chi connectivity index (χ0) is 37.3. The van der Waals surface area contributed by atoms with E-state index in [1.807, 2.05) is 29.2 Å². The molecular formula is C34H34F6N4O5S2. The van der Waals surface area contributed by atoms with Crippen LogP contribution in [-0.2, 0) is 42.2 Å². The van der Waals surface area contributed by atoms with Gasteiger partial charge in [0, 0.05) is 24.6 Å². The van der Waals surface area contributed by atoms with E-state index >= 15 is 0 Å².